The molecule has 1 fully saturated rings. The third kappa shape index (κ3) is 3.45. The Balaban J connectivity index is 1.93. The normalized spacial score (nSPS) is 20.7. The number of ether oxygens (including phenoxy) is 1. The van der Waals surface area contributed by atoms with Gasteiger partial charge < -0.3 is 10.1 Å². The molecule has 1 aliphatic carbocycles. The van der Waals surface area contributed by atoms with Crippen molar-refractivity contribution < 1.29 is 4.74 Å². The van der Waals surface area contributed by atoms with E-state index in [1.165, 1.54) is 54.1 Å². The first-order chi connectivity index (χ1) is 10.3. The predicted octanol–water partition coefficient (Wildman–Crippen LogP) is 5.01. The Morgan fingerprint density at radius 1 is 1.24 bits per heavy atom. The number of benzene rings is 1. The number of hydrogen-bond donors (Lipinski definition) is 1. The molecule has 0 aromatic heterocycles. The van der Waals surface area contributed by atoms with Crippen molar-refractivity contribution in [2.24, 2.45) is 5.92 Å². The molecule has 1 N–H and O–H groups in total. The van der Waals surface area contributed by atoms with Crippen molar-refractivity contribution in [1.82, 2.24) is 5.32 Å². The molecule has 1 aromatic rings. The van der Waals surface area contributed by atoms with Gasteiger partial charge in [0.15, 0.2) is 0 Å². The predicted molar refractivity (Wildman–Crippen MR) is 91.0 cm³/mol. The average Bonchev–Trinajstić information content (AvgIpc) is 2.78. The van der Waals surface area contributed by atoms with Gasteiger partial charge in [0.2, 0.25) is 0 Å². The number of nitrogens with one attached hydrogen (secondary N) is 1. The topological polar surface area (TPSA) is 21.3 Å². The standard InChI is InChI=1S/C18H26BrNO/c1-2-20-17(13-7-5-3-4-6-8-13)16-12-15(19)11-14-9-10-21-18(14)16/h11-13,17,20H,2-10H2,1H3. The number of fused-ring (bicyclic) bond motifs is 1. The maximum absolute atomic E-state index is 5.97. The molecule has 1 unspecified atom stereocenters. The molecule has 1 aromatic carbocycles. The van der Waals surface area contributed by atoms with Crippen LogP contribution in [0.5, 0.6) is 5.75 Å². The summed E-state index contributed by atoms with van der Waals surface area (Å²) in [6, 6.07) is 4.95. The van der Waals surface area contributed by atoms with E-state index in [-0.39, 0.29) is 0 Å². The number of hydrogen-bond acceptors (Lipinski definition) is 2. The lowest BCUT2D eigenvalue weighted by Crippen LogP contribution is -2.28. The van der Waals surface area contributed by atoms with Crippen LogP contribution in [-0.2, 0) is 6.42 Å². The van der Waals surface area contributed by atoms with Crippen molar-refractivity contribution in [1.29, 1.82) is 0 Å². The molecule has 2 aliphatic rings. The van der Waals surface area contributed by atoms with E-state index in [9.17, 15) is 0 Å². The molecule has 2 nitrogen and oxygen atoms in total. The highest BCUT2D eigenvalue weighted by Gasteiger charge is 2.29. The Kier molecular flexibility index (Phi) is 5.23. The van der Waals surface area contributed by atoms with Gasteiger partial charge in [-0.15, -0.1) is 0 Å². The number of rotatable bonds is 4. The summed E-state index contributed by atoms with van der Waals surface area (Å²) >= 11 is 3.69. The molecule has 0 radical (unpaired) electrons. The molecular formula is C18H26BrNO. The fraction of sp³-hybridized carbons (Fsp3) is 0.667. The highest BCUT2D eigenvalue weighted by molar-refractivity contribution is 9.10. The van der Waals surface area contributed by atoms with Crippen molar-refractivity contribution in [3.8, 4) is 5.75 Å². The van der Waals surface area contributed by atoms with E-state index in [0.29, 0.717) is 6.04 Å². The summed E-state index contributed by atoms with van der Waals surface area (Å²) in [7, 11) is 0. The summed E-state index contributed by atoms with van der Waals surface area (Å²) in [5, 5.41) is 3.75. The minimum absolute atomic E-state index is 0.442. The van der Waals surface area contributed by atoms with E-state index in [4.69, 9.17) is 4.74 Å². The van der Waals surface area contributed by atoms with Crippen molar-refractivity contribution in [2.75, 3.05) is 13.2 Å². The lowest BCUT2D eigenvalue weighted by Gasteiger charge is -2.29. The van der Waals surface area contributed by atoms with Crippen LogP contribution >= 0.6 is 15.9 Å². The minimum Gasteiger partial charge on any atom is -0.493 e. The van der Waals surface area contributed by atoms with Crippen molar-refractivity contribution in [2.45, 2.75) is 57.9 Å². The molecule has 3 heteroatoms. The van der Waals surface area contributed by atoms with Gasteiger partial charge in [-0.25, -0.2) is 0 Å². The fourth-order valence-corrected chi connectivity index (χ4v) is 4.45. The van der Waals surface area contributed by atoms with Crippen molar-refractivity contribution in [3.05, 3.63) is 27.7 Å². The fourth-order valence-electron chi connectivity index (χ4n) is 3.92. The van der Waals surface area contributed by atoms with Crippen LogP contribution in [0.15, 0.2) is 16.6 Å². The second-order valence-electron chi connectivity index (χ2n) is 6.37. The molecule has 3 rings (SSSR count). The third-order valence-corrected chi connectivity index (χ3v) is 5.37. The monoisotopic (exact) mass is 351 g/mol. The second kappa shape index (κ2) is 7.15. The summed E-state index contributed by atoms with van der Waals surface area (Å²) in [4.78, 5) is 0. The van der Waals surface area contributed by atoms with Gasteiger partial charge in [-0.1, -0.05) is 48.5 Å². The van der Waals surface area contributed by atoms with Crippen molar-refractivity contribution >= 4 is 15.9 Å². The first-order valence-electron chi connectivity index (χ1n) is 8.48. The van der Waals surface area contributed by atoms with Gasteiger partial charge >= 0.3 is 0 Å². The Hall–Kier alpha value is -0.540. The largest absolute Gasteiger partial charge is 0.493 e. The van der Waals surface area contributed by atoms with Gasteiger partial charge in [-0.3, -0.25) is 0 Å². The maximum Gasteiger partial charge on any atom is 0.127 e. The van der Waals surface area contributed by atoms with E-state index in [0.717, 1.165) is 31.2 Å². The first-order valence-corrected chi connectivity index (χ1v) is 9.27. The molecule has 0 spiro atoms. The molecule has 0 bridgehead atoms. The van der Waals surface area contributed by atoms with Crippen LogP contribution in [0.1, 0.15) is 62.6 Å². The third-order valence-electron chi connectivity index (χ3n) is 4.91. The van der Waals surface area contributed by atoms with Crippen LogP contribution < -0.4 is 10.1 Å². The van der Waals surface area contributed by atoms with Crippen LogP contribution in [0.25, 0.3) is 0 Å². The zero-order valence-electron chi connectivity index (χ0n) is 13.0. The van der Waals surface area contributed by atoms with Crippen molar-refractivity contribution in [3.63, 3.8) is 0 Å². The van der Waals surface area contributed by atoms with Gasteiger partial charge in [0.1, 0.15) is 5.75 Å². The molecule has 1 aliphatic heterocycles. The molecule has 1 atom stereocenters. The lowest BCUT2D eigenvalue weighted by atomic mass is 9.86. The zero-order valence-corrected chi connectivity index (χ0v) is 14.5. The Labute approximate surface area is 136 Å². The molecule has 21 heavy (non-hydrogen) atoms. The van der Waals surface area contributed by atoms with Gasteiger partial charge in [0, 0.05) is 22.5 Å². The summed E-state index contributed by atoms with van der Waals surface area (Å²) in [5.41, 5.74) is 2.75. The van der Waals surface area contributed by atoms with E-state index < -0.39 is 0 Å². The van der Waals surface area contributed by atoms with Gasteiger partial charge in [-0.05, 0) is 43.0 Å². The van der Waals surface area contributed by atoms with Gasteiger partial charge in [-0.2, -0.15) is 0 Å². The summed E-state index contributed by atoms with van der Waals surface area (Å²) in [6.45, 7) is 4.06. The van der Waals surface area contributed by atoms with E-state index >= 15 is 0 Å². The smallest absolute Gasteiger partial charge is 0.127 e. The summed E-state index contributed by atoms with van der Waals surface area (Å²) < 4.78 is 7.17. The molecule has 0 saturated heterocycles. The van der Waals surface area contributed by atoms with Gasteiger partial charge in [0.05, 0.1) is 6.61 Å². The molecule has 1 saturated carbocycles. The molecule has 1 heterocycles. The van der Waals surface area contributed by atoms with E-state index in [1.54, 1.807) is 0 Å². The Morgan fingerprint density at radius 3 is 2.71 bits per heavy atom. The maximum atomic E-state index is 5.97. The zero-order chi connectivity index (χ0) is 14.7. The number of halogens is 1. The minimum atomic E-state index is 0.442. The lowest BCUT2D eigenvalue weighted by molar-refractivity contribution is 0.308. The van der Waals surface area contributed by atoms with E-state index in [2.05, 4.69) is 40.3 Å². The van der Waals surface area contributed by atoms with Crippen LogP contribution in [0.2, 0.25) is 0 Å². The van der Waals surface area contributed by atoms with Crippen LogP contribution in [0, 0.1) is 5.92 Å². The second-order valence-corrected chi connectivity index (χ2v) is 7.28. The average molecular weight is 352 g/mol. The highest BCUT2D eigenvalue weighted by atomic mass is 79.9. The summed E-state index contributed by atoms with van der Waals surface area (Å²) in [5.74, 6) is 1.91. The van der Waals surface area contributed by atoms with Crippen LogP contribution in [0.4, 0.5) is 0 Å². The quantitative estimate of drug-likeness (QED) is 0.770. The molecule has 116 valence electrons. The van der Waals surface area contributed by atoms with Crippen LogP contribution in [0.3, 0.4) is 0 Å². The molecular weight excluding hydrogens is 326 g/mol. The summed E-state index contributed by atoms with van der Waals surface area (Å²) in [6.07, 6.45) is 9.31. The highest BCUT2D eigenvalue weighted by Crippen LogP contribution is 2.42. The Bertz CT molecular complexity index is 480. The van der Waals surface area contributed by atoms with Gasteiger partial charge in [0.25, 0.3) is 0 Å². The molecule has 0 amide bonds. The van der Waals surface area contributed by atoms with Crippen LogP contribution in [-0.4, -0.2) is 13.2 Å². The Morgan fingerprint density at radius 2 is 2.00 bits per heavy atom. The SMILES string of the molecule is CCNC(c1cc(Br)cc2c1OCC2)C1CCCCCC1. The first kappa shape index (κ1) is 15.4. The van der Waals surface area contributed by atoms with E-state index in [1.807, 2.05) is 0 Å².